The fraction of sp³-hybridized carbons (Fsp3) is 0.312. The van der Waals surface area contributed by atoms with Gasteiger partial charge in [-0.1, -0.05) is 18.2 Å². The Bertz CT molecular complexity index is 786. The lowest BCUT2D eigenvalue weighted by molar-refractivity contribution is 0.885. The predicted octanol–water partition coefficient (Wildman–Crippen LogP) is 2.72. The minimum absolute atomic E-state index is 0.876. The second kappa shape index (κ2) is 4.84. The highest BCUT2D eigenvalue weighted by Crippen LogP contribution is 2.27. The van der Waals surface area contributed by atoms with Gasteiger partial charge in [0.15, 0.2) is 5.65 Å². The van der Waals surface area contributed by atoms with E-state index in [4.69, 9.17) is 0 Å². The Hall–Kier alpha value is -2.43. The minimum atomic E-state index is 0.876. The van der Waals surface area contributed by atoms with E-state index in [1.54, 1.807) is 6.33 Å². The van der Waals surface area contributed by atoms with Gasteiger partial charge in [0, 0.05) is 13.1 Å². The number of hydrogen-bond acceptors (Lipinski definition) is 4. The Morgan fingerprint density at radius 2 is 1.86 bits per heavy atom. The first kappa shape index (κ1) is 12.3. The number of para-hydroxylation sites is 1. The third-order valence-corrected chi connectivity index (χ3v) is 4.09. The number of anilines is 1. The summed E-state index contributed by atoms with van der Waals surface area (Å²) in [5.41, 5.74) is 3.13. The summed E-state index contributed by atoms with van der Waals surface area (Å²) in [5.74, 6) is 1.01. The van der Waals surface area contributed by atoms with Crippen molar-refractivity contribution >= 4 is 16.9 Å². The molecule has 1 aromatic carbocycles. The third-order valence-electron chi connectivity index (χ3n) is 4.09. The molecule has 5 nitrogen and oxygen atoms in total. The van der Waals surface area contributed by atoms with Crippen molar-refractivity contribution in [3.63, 3.8) is 0 Å². The molecule has 106 valence electrons. The van der Waals surface area contributed by atoms with Crippen LogP contribution in [0.5, 0.6) is 0 Å². The smallest absolute Gasteiger partial charge is 0.168 e. The van der Waals surface area contributed by atoms with Crippen molar-refractivity contribution in [2.75, 3.05) is 18.0 Å². The summed E-state index contributed by atoms with van der Waals surface area (Å²) >= 11 is 0. The Kier molecular flexibility index (Phi) is 2.84. The lowest BCUT2D eigenvalue weighted by Gasteiger charge is -2.16. The van der Waals surface area contributed by atoms with E-state index in [2.05, 4.69) is 39.0 Å². The fourth-order valence-corrected chi connectivity index (χ4v) is 2.99. The third kappa shape index (κ3) is 1.96. The molecular weight excluding hydrogens is 262 g/mol. The van der Waals surface area contributed by atoms with Gasteiger partial charge in [0.2, 0.25) is 0 Å². The number of rotatable bonds is 2. The monoisotopic (exact) mass is 279 g/mol. The normalized spacial score (nSPS) is 15.0. The maximum Gasteiger partial charge on any atom is 0.168 e. The molecule has 4 rings (SSSR count). The molecule has 0 atom stereocenters. The van der Waals surface area contributed by atoms with Crippen LogP contribution >= 0.6 is 0 Å². The first-order valence-corrected chi connectivity index (χ1v) is 7.34. The quantitative estimate of drug-likeness (QED) is 0.723. The molecule has 3 heterocycles. The van der Waals surface area contributed by atoms with E-state index in [1.807, 2.05) is 23.0 Å². The van der Waals surface area contributed by atoms with E-state index in [0.717, 1.165) is 35.6 Å². The Balaban J connectivity index is 1.89. The van der Waals surface area contributed by atoms with Crippen LogP contribution in [-0.4, -0.2) is 32.8 Å². The standard InChI is InChI=1S/C16H17N5/c1-12-6-2-3-7-14(12)21-16-13(10-19-21)15(17-11-18-16)20-8-4-5-9-20/h2-3,6-7,10-11H,4-5,8-9H2,1H3. The van der Waals surface area contributed by atoms with Crippen molar-refractivity contribution in [3.05, 3.63) is 42.4 Å². The van der Waals surface area contributed by atoms with E-state index in [1.165, 1.54) is 18.4 Å². The zero-order valence-electron chi connectivity index (χ0n) is 12.0. The van der Waals surface area contributed by atoms with Gasteiger partial charge in [0.1, 0.15) is 12.1 Å². The van der Waals surface area contributed by atoms with Crippen molar-refractivity contribution in [1.82, 2.24) is 19.7 Å². The van der Waals surface area contributed by atoms with E-state index in [0.29, 0.717) is 0 Å². The van der Waals surface area contributed by atoms with Gasteiger partial charge in [-0.05, 0) is 31.4 Å². The molecule has 2 aromatic heterocycles. The van der Waals surface area contributed by atoms with Gasteiger partial charge in [-0.3, -0.25) is 0 Å². The van der Waals surface area contributed by atoms with Crippen molar-refractivity contribution in [3.8, 4) is 5.69 Å². The van der Waals surface area contributed by atoms with Crippen molar-refractivity contribution in [2.45, 2.75) is 19.8 Å². The summed E-state index contributed by atoms with van der Waals surface area (Å²) < 4.78 is 1.91. The second-order valence-corrected chi connectivity index (χ2v) is 5.47. The molecule has 0 spiro atoms. The van der Waals surface area contributed by atoms with Gasteiger partial charge in [-0.25, -0.2) is 14.6 Å². The van der Waals surface area contributed by atoms with Gasteiger partial charge in [-0.2, -0.15) is 5.10 Å². The largest absolute Gasteiger partial charge is 0.356 e. The summed E-state index contributed by atoms with van der Waals surface area (Å²) in [7, 11) is 0. The average Bonchev–Trinajstić information content (AvgIpc) is 3.17. The Morgan fingerprint density at radius 1 is 1.05 bits per heavy atom. The highest BCUT2D eigenvalue weighted by atomic mass is 15.3. The zero-order valence-corrected chi connectivity index (χ0v) is 12.0. The highest BCUT2D eigenvalue weighted by Gasteiger charge is 2.19. The van der Waals surface area contributed by atoms with Gasteiger partial charge in [-0.15, -0.1) is 0 Å². The van der Waals surface area contributed by atoms with Crippen LogP contribution in [0.1, 0.15) is 18.4 Å². The summed E-state index contributed by atoms with van der Waals surface area (Å²) in [5, 5.41) is 5.58. The first-order valence-electron chi connectivity index (χ1n) is 7.34. The summed E-state index contributed by atoms with van der Waals surface area (Å²) in [6.45, 7) is 4.23. The van der Waals surface area contributed by atoms with E-state index >= 15 is 0 Å². The number of benzene rings is 1. The first-order chi connectivity index (χ1) is 10.3. The molecule has 1 aliphatic heterocycles. The van der Waals surface area contributed by atoms with Gasteiger partial charge >= 0.3 is 0 Å². The van der Waals surface area contributed by atoms with E-state index in [-0.39, 0.29) is 0 Å². The summed E-state index contributed by atoms with van der Waals surface area (Å²) in [4.78, 5) is 11.3. The van der Waals surface area contributed by atoms with Crippen molar-refractivity contribution in [1.29, 1.82) is 0 Å². The van der Waals surface area contributed by atoms with Crippen LogP contribution in [-0.2, 0) is 0 Å². The maximum atomic E-state index is 4.55. The molecule has 21 heavy (non-hydrogen) atoms. The van der Waals surface area contributed by atoms with Crippen LogP contribution in [0.4, 0.5) is 5.82 Å². The Morgan fingerprint density at radius 3 is 2.67 bits per heavy atom. The average molecular weight is 279 g/mol. The SMILES string of the molecule is Cc1ccccc1-n1ncc2c(N3CCCC3)ncnc21. The van der Waals surface area contributed by atoms with Gasteiger partial charge in [0.05, 0.1) is 17.3 Å². The van der Waals surface area contributed by atoms with Gasteiger partial charge < -0.3 is 4.90 Å². The lowest BCUT2D eigenvalue weighted by Crippen LogP contribution is -2.19. The minimum Gasteiger partial charge on any atom is -0.356 e. The molecule has 0 saturated carbocycles. The number of fused-ring (bicyclic) bond motifs is 1. The maximum absolute atomic E-state index is 4.55. The lowest BCUT2D eigenvalue weighted by atomic mass is 10.2. The molecule has 0 N–H and O–H groups in total. The van der Waals surface area contributed by atoms with Crippen LogP contribution in [0.2, 0.25) is 0 Å². The van der Waals surface area contributed by atoms with Crippen LogP contribution in [0.25, 0.3) is 16.7 Å². The molecule has 0 aliphatic carbocycles. The fourth-order valence-electron chi connectivity index (χ4n) is 2.99. The number of aromatic nitrogens is 4. The molecule has 0 radical (unpaired) electrons. The van der Waals surface area contributed by atoms with Crippen molar-refractivity contribution < 1.29 is 0 Å². The zero-order chi connectivity index (χ0) is 14.2. The van der Waals surface area contributed by atoms with Gasteiger partial charge in [0.25, 0.3) is 0 Å². The highest BCUT2D eigenvalue weighted by molar-refractivity contribution is 5.87. The number of nitrogens with zero attached hydrogens (tertiary/aromatic N) is 5. The molecule has 3 aromatic rings. The molecule has 5 heteroatoms. The Labute approximate surface area is 123 Å². The summed E-state index contributed by atoms with van der Waals surface area (Å²) in [6, 6.07) is 8.22. The van der Waals surface area contributed by atoms with Crippen LogP contribution in [0.3, 0.4) is 0 Å². The number of aryl methyl sites for hydroxylation is 1. The molecule has 1 fully saturated rings. The van der Waals surface area contributed by atoms with Crippen LogP contribution in [0.15, 0.2) is 36.8 Å². The summed E-state index contributed by atoms with van der Waals surface area (Å²) in [6.07, 6.45) is 6.00. The van der Waals surface area contributed by atoms with Crippen LogP contribution in [0, 0.1) is 6.92 Å². The molecule has 0 bridgehead atoms. The van der Waals surface area contributed by atoms with E-state index in [9.17, 15) is 0 Å². The molecule has 0 amide bonds. The second-order valence-electron chi connectivity index (χ2n) is 5.47. The molecule has 1 saturated heterocycles. The topological polar surface area (TPSA) is 46.8 Å². The number of hydrogen-bond donors (Lipinski definition) is 0. The molecular formula is C16H17N5. The van der Waals surface area contributed by atoms with Crippen molar-refractivity contribution in [2.24, 2.45) is 0 Å². The predicted molar refractivity (Wildman–Crippen MR) is 82.8 cm³/mol. The molecule has 1 aliphatic rings. The molecule has 0 unspecified atom stereocenters. The van der Waals surface area contributed by atoms with E-state index < -0.39 is 0 Å². The van der Waals surface area contributed by atoms with Crippen LogP contribution < -0.4 is 4.90 Å².